The summed E-state index contributed by atoms with van der Waals surface area (Å²) < 4.78 is 0. The number of phenolic OH excluding ortho intramolecular Hbond substituents is 1. The highest BCUT2D eigenvalue weighted by Crippen LogP contribution is 2.26. The Morgan fingerprint density at radius 2 is 2.05 bits per heavy atom. The largest absolute Gasteiger partial charge is 0.502 e. The van der Waals surface area contributed by atoms with Crippen LogP contribution in [0.5, 0.6) is 5.75 Å². The standard InChI is InChI=1S/C15H12N2O4/c1-10(18)12-3-2-4-13(8-12)16-9-11-5-6-15(19)14(7-11)17(20)21/h2-9,19H,1H3. The Labute approximate surface area is 120 Å². The van der Waals surface area contributed by atoms with Crippen molar-refractivity contribution in [1.29, 1.82) is 0 Å². The number of carbonyl (C=O) groups excluding carboxylic acids is 1. The molecule has 0 atom stereocenters. The fourth-order valence-corrected chi connectivity index (χ4v) is 1.72. The molecule has 6 nitrogen and oxygen atoms in total. The first kappa shape index (κ1) is 14.4. The minimum absolute atomic E-state index is 0.0627. The van der Waals surface area contributed by atoms with E-state index in [-0.39, 0.29) is 11.5 Å². The lowest BCUT2D eigenvalue weighted by Gasteiger charge is -1.99. The third-order valence-corrected chi connectivity index (χ3v) is 2.81. The molecule has 0 radical (unpaired) electrons. The van der Waals surface area contributed by atoms with Crippen LogP contribution in [0.2, 0.25) is 0 Å². The average Bonchev–Trinajstić information content (AvgIpc) is 2.46. The number of aliphatic imine (C=N–C) groups is 1. The summed E-state index contributed by atoms with van der Waals surface area (Å²) in [4.78, 5) is 25.5. The van der Waals surface area contributed by atoms with Crippen molar-refractivity contribution in [2.45, 2.75) is 6.92 Å². The number of aromatic hydroxyl groups is 1. The Balaban J connectivity index is 2.29. The average molecular weight is 284 g/mol. The van der Waals surface area contributed by atoms with Gasteiger partial charge in [-0.3, -0.25) is 19.9 Å². The van der Waals surface area contributed by atoms with Gasteiger partial charge in [0.05, 0.1) is 10.6 Å². The second-order valence-electron chi connectivity index (χ2n) is 4.37. The lowest BCUT2D eigenvalue weighted by atomic mass is 10.1. The Kier molecular flexibility index (Phi) is 4.08. The van der Waals surface area contributed by atoms with Gasteiger partial charge in [-0.15, -0.1) is 0 Å². The molecule has 106 valence electrons. The number of rotatable bonds is 4. The number of ketones is 1. The molecule has 0 aromatic heterocycles. The SMILES string of the molecule is CC(=O)c1cccc(N=Cc2ccc(O)c([N+](=O)[O-])c2)c1. The number of nitro groups is 1. The van der Waals surface area contributed by atoms with Crippen molar-refractivity contribution in [2.24, 2.45) is 4.99 Å². The number of hydrogen-bond acceptors (Lipinski definition) is 5. The molecule has 0 bridgehead atoms. The van der Waals surface area contributed by atoms with Crippen LogP contribution in [0.3, 0.4) is 0 Å². The topological polar surface area (TPSA) is 92.8 Å². The Morgan fingerprint density at radius 3 is 2.71 bits per heavy atom. The summed E-state index contributed by atoms with van der Waals surface area (Å²) >= 11 is 0. The van der Waals surface area contributed by atoms with Crippen molar-refractivity contribution in [3.8, 4) is 5.75 Å². The van der Waals surface area contributed by atoms with Crippen LogP contribution in [-0.4, -0.2) is 22.0 Å². The van der Waals surface area contributed by atoms with Gasteiger partial charge >= 0.3 is 5.69 Å². The van der Waals surface area contributed by atoms with Gasteiger partial charge < -0.3 is 5.11 Å². The summed E-state index contributed by atoms with van der Waals surface area (Å²) in [5.41, 5.74) is 1.21. The molecule has 21 heavy (non-hydrogen) atoms. The maximum Gasteiger partial charge on any atom is 0.311 e. The van der Waals surface area contributed by atoms with Crippen LogP contribution in [0.25, 0.3) is 0 Å². The number of benzene rings is 2. The zero-order chi connectivity index (χ0) is 15.4. The molecule has 0 saturated heterocycles. The molecule has 6 heteroatoms. The van der Waals surface area contributed by atoms with Crippen LogP contribution >= 0.6 is 0 Å². The van der Waals surface area contributed by atoms with Gasteiger partial charge in [0, 0.05) is 17.8 Å². The van der Waals surface area contributed by atoms with E-state index < -0.39 is 10.7 Å². The van der Waals surface area contributed by atoms with Gasteiger partial charge in [-0.2, -0.15) is 0 Å². The molecule has 2 aromatic carbocycles. The van der Waals surface area contributed by atoms with E-state index >= 15 is 0 Å². The smallest absolute Gasteiger partial charge is 0.311 e. The fourth-order valence-electron chi connectivity index (χ4n) is 1.72. The molecule has 0 unspecified atom stereocenters. The third-order valence-electron chi connectivity index (χ3n) is 2.81. The number of hydrogen-bond donors (Lipinski definition) is 1. The number of carbonyl (C=O) groups is 1. The lowest BCUT2D eigenvalue weighted by Crippen LogP contribution is -1.91. The molecule has 1 N–H and O–H groups in total. The maximum absolute atomic E-state index is 11.3. The van der Waals surface area contributed by atoms with E-state index in [1.165, 1.54) is 31.3 Å². The van der Waals surface area contributed by atoms with Crippen LogP contribution in [0.4, 0.5) is 11.4 Å². The molecule has 0 amide bonds. The van der Waals surface area contributed by atoms with E-state index in [9.17, 15) is 20.0 Å². The summed E-state index contributed by atoms with van der Waals surface area (Å²) in [6, 6.07) is 10.7. The van der Waals surface area contributed by atoms with Gasteiger partial charge in [-0.05, 0) is 36.8 Å². The van der Waals surface area contributed by atoms with Crippen LogP contribution in [0.1, 0.15) is 22.8 Å². The van der Waals surface area contributed by atoms with E-state index in [1.54, 1.807) is 24.3 Å². The molecule has 0 heterocycles. The van der Waals surface area contributed by atoms with E-state index in [0.717, 1.165) is 0 Å². The molecule has 2 rings (SSSR count). The predicted molar refractivity (Wildman–Crippen MR) is 78.5 cm³/mol. The molecular formula is C15H12N2O4. The normalized spacial score (nSPS) is 10.7. The summed E-state index contributed by atoms with van der Waals surface area (Å²) in [5, 5.41) is 20.1. The third kappa shape index (κ3) is 3.50. The molecule has 0 aliphatic carbocycles. The van der Waals surface area contributed by atoms with Gasteiger partial charge in [0.15, 0.2) is 11.5 Å². The van der Waals surface area contributed by atoms with Crippen LogP contribution in [0, 0.1) is 10.1 Å². The highest BCUT2D eigenvalue weighted by molar-refractivity contribution is 5.95. The van der Waals surface area contributed by atoms with Crippen molar-refractivity contribution in [2.75, 3.05) is 0 Å². The summed E-state index contributed by atoms with van der Waals surface area (Å²) in [6.45, 7) is 1.46. The van der Waals surface area contributed by atoms with Crippen LogP contribution < -0.4 is 0 Å². The van der Waals surface area contributed by atoms with Gasteiger partial charge in [0.1, 0.15) is 0 Å². The Morgan fingerprint density at radius 1 is 1.29 bits per heavy atom. The van der Waals surface area contributed by atoms with Crippen molar-refractivity contribution in [3.05, 3.63) is 63.7 Å². The van der Waals surface area contributed by atoms with Crippen molar-refractivity contribution < 1.29 is 14.8 Å². The maximum atomic E-state index is 11.3. The zero-order valence-electron chi connectivity index (χ0n) is 11.2. The van der Waals surface area contributed by atoms with Gasteiger partial charge in [-0.25, -0.2) is 0 Å². The molecule has 0 aliphatic rings. The molecular weight excluding hydrogens is 272 g/mol. The number of nitro benzene ring substituents is 1. The van der Waals surface area contributed by atoms with E-state index in [2.05, 4.69) is 4.99 Å². The summed E-state index contributed by atoms with van der Waals surface area (Å²) in [7, 11) is 0. The quantitative estimate of drug-likeness (QED) is 0.403. The lowest BCUT2D eigenvalue weighted by molar-refractivity contribution is -0.385. The number of nitrogens with zero attached hydrogens (tertiary/aromatic N) is 2. The molecule has 0 aliphatic heterocycles. The van der Waals surface area contributed by atoms with E-state index in [0.29, 0.717) is 16.8 Å². The van der Waals surface area contributed by atoms with Gasteiger partial charge in [0.2, 0.25) is 0 Å². The van der Waals surface area contributed by atoms with E-state index in [1.807, 2.05) is 0 Å². The Bertz CT molecular complexity index is 738. The zero-order valence-corrected chi connectivity index (χ0v) is 11.2. The second kappa shape index (κ2) is 5.96. The predicted octanol–water partition coefficient (Wildman–Crippen LogP) is 3.25. The first-order valence-corrected chi connectivity index (χ1v) is 6.10. The van der Waals surface area contributed by atoms with Crippen molar-refractivity contribution in [1.82, 2.24) is 0 Å². The second-order valence-corrected chi connectivity index (χ2v) is 4.37. The minimum atomic E-state index is -0.664. The first-order chi connectivity index (χ1) is 9.97. The number of Topliss-reactive ketones (excluding diaryl/α,β-unsaturated/α-hetero) is 1. The molecule has 0 fully saturated rings. The summed E-state index contributed by atoms with van der Waals surface area (Å²) in [5.74, 6) is -0.456. The molecule has 2 aromatic rings. The van der Waals surface area contributed by atoms with Crippen molar-refractivity contribution >= 4 is 23.4 Å². The van der Waals surface area contributed by atoms with Gasteiger partial charge in [-0.1, -0.05) is 12.1 Å². The van der Waals surface area contributed by atoms with Crippen LogP contribution in [0.15, 0.2) is 47.5 Å². The minimum Gasteiger partial charge on any atom is -0.502 e. The fraction of sp³-hybridized carbons (Fsp3) is 0.0667. The first-order valence-electron chi connectivity index (χ1n) is 6.10. The Hall–Kier alpha value is -3.02. The molecule has 0 saturated carbocycles. The highest BCUT2D eigenvalue weighted by atomic mass is 16.6. The van der Waals surface area contributed by atoms with Crippen molar-refractivity contribution in [3.63, 3.8) is 0 Å². The summed E-state index contributed by atoms with van der Waals surface area (Å²) in [6.07, 6.45) is 1.44. The highest BCUT2D eigenvalue weighted by Gasteiger charge is 2.12. The van der Waals surface area contributed by atoms with Gasteiger partial charge in [0.25, 0.3) is 0 Å². The molecule has 0 spiro atoms. The van der Waals surface area contributed by atoms with E-state index in [4.69, 9.17) is 0 Å². The number of phenols is 1. The van der Waals surface area contributed by atoms with Crippen LogP contribution in [-0.2, 0) is 0 Å². The monoisotopic (exact) mass is 284 g/mol.